The number of hydrogen-bond acceptors (Lipinski definition) is 6. The van der Waals surface area contributed by atoms with Gasteiger partial charge in [0, 0.05) is 35.8 Å². The molecule has 2 aromatic heterocycles. The van der Waals surface area contributed by atoms with E-state index in [2.05, 4.69) is 21.3 Å². The number of unbranched alkanes of at least 4 members (excludes halogenated alkanes) is 1. The van der Waals surface area contributed by atoms with Gasteiger partial charge >= 0.3 is 0 Å². The minimum Gasteiger partial charge on any atom is -0.494 e. The Kier molecular flexibility index (Phi) is 6.23. The van der Waals surface area contributed by atoms with Crippen LogP contribution in [0.5, 0.6) is 5.75 Å². The molecular weight excluding hydrogens is 346 g/mol. The van der Waals surface area contributed by atoms with Crippen LogP contribution in [0.25, 0.3) is 17.1 Å². The lowest BCUT2D eigenvalue weighted by molar-refractivity contribution is 0.340. The van der Waals surface area contributed by atoms with E-state index in [9.17, 15) is 0 Å². The average molecular weight is 365 g/mol. The van der Waals surface area contributed by atoms with Crippen LogP contribution in [0.4, 0.5) is 0 Å². The summed E-state index contributed by atoms with van der Waals surface area (Å²) in [6.07, 6.45) is 4.87. The number of ether oxygens (including phenoxy) is 1. The number of benzene rings is 1. The quantitative estimate of drug-likeness (QED) is 0.441. The third-order valence-electron chi connectivity index (χ3n) is 3.62. The first-order valence-corrected chi connectivity index (χ1v) is 9.41. The number of aromatic nitrogens is 4. The van der Waals surface area contributed by atoms with Gasteiger partial charge in [-0.2, -0.15) is 5.26 Å². The van der Waals surface area contributed by atoms with E-state index < -0.39 is 0 Å². The highest BCUT2D eigenvalue weighted by atomic mass is 32.2. The van der Waals surface area contributed by atoms with Crippen LogP contribution in [0.15, 0.2) is 53.9 Å². The Hall–Kier alpha value is -2.85. The summed E-state index contributed by atoms with van der Waals surface area (Å²) in [6, 6.07) is 13.9. The van der Waals surface area contributed by atoms with Crippen molar-refractivity contribution in [3.8, 4) is 28.9 Å². The second-order valence-electron chi connectivity index (χ2n) is 5.42. The number of hydrogen-bond donors (Lipinski definition) is 0. The molecule has 3 aromatic rings. The minimum atomic E-state index is 0.541. The van der Waals surface area contributed by atoms with Crippen LogP contribution in [0.1, 0.15) is 19.8 Å². The summed E-state index contributed by atoms with van der Waals surface area (Å²) in [5, 5.41) is 18.2. The van der Waals surface area contributed by atoms with Gasteiger partial charge in [-0.05, 0) is 49.7 Å². The number of nitrogens with zero attached hydrogens (tertiary/aromatic N) is 5. The van der Waals surface area contributed by atoms with Crippen molar-refractivity contribution in [2.24, 2.45) is 0 Å². The maximum atomic E-state index is 8.71. The Labute approximate surface area is 156 Å². The van der Waals surface area contributed by atoms with Crippen molar-refractivity contribution < 1.29 is 4.74 Å². The second-order valence-corrected chi connectivity index (χ2v) is 6.48. The van der Waals surface area contributed by atoms with Gasteiger partial charge < -0.3 is 4.74 Å². The Morgan fingerprint density at radius 3 is 2.73 bits per heavy atom. The zero-order valence-electron chi connectivity index (χ0n) is 14.5. The first kappa shape index (κ1) is 18.0. The van der Waals surface area contributed by atoms with Crippen LogP contribution in [0.3, 0.4) is 0 Å². The van der Waals surface area contributed by atoms with Gasteiger partial charge in [0.25, 0.3) is 0 Å². The molecule has 0 atom stereocenters. The molecule has 0 N–H and O–H groups in total. The molecule has 0 unspecified atom stereocenters. The molecular formula is C19H19N5OS. The van der Waals surface area contributed by atoms with Gasteiger partial charge in [-0.25, -0.2) is 0 Å². The highest BCUT2D eigenvalue weighted by Crippen LogP contribution is 2.29. The molecule has 0 radical (unpaired) electrons. The lowest BCUT2D eigenvalue weighted by Crippen LogP contribution is -2.00. The summed E-state index contributed by atoms with van der Waals surface area (Å²) in [7, 11) is 0. The van der Waals surface area contributed by atoms with E-state index in [4.69, 9.17) is 10.00 Å². The van der Waals surface area contributed by atoms with Crippen LogP contribution in [-0.4, -0.2) is 32.1 Å². The van der Waals surface area contributed by atoms with E-state index in [0.717, 1.165) is 40.2 Å². The average Bonchev–Trinajstić information content (AvgIpc) is 3.11. The normalized spacial score (nSPS) is 10.5. The van der Waals surface area contributed by atoms with E-state index in [1.165, 1.54) is 0 Å². The largest absolute Gasteiger partial charge is 0.494 e. The maximum absolute atomic E-state index is 8.71. The maximum Gasteiger partial charge on any atom is 0.196 e. The van der Waals surface area contributed by atoms with Crippen molar-refractivity contribution in [3.63, 3.8) is 0 Å². The summed E-state index contributed by atoms with van der Waals surface area (Å²) < 4.78 is 7.55. The van der Waals surface area contributed by atoms with Crippen molar-refractivity contribution >= 4 is 11.8 Å². The third kappa shape index (κ3) is 4.21. The Morgan fingerprint density at radius 1 is 1.19 bits per heavy atom. The zero-order valence-corrected chi connectivity index (χ0v) is 15.3. The molecule has 0 amide bonds. The molecule has 7 heteroatoms. The summed E-state index contributed by atoms with van der Waals surface area (Å²) in [6.45, 7) is 2.59. The topological polar surface area (TPSA) is 76.6 Å². The van der Waals surface area contributed by atoms with Crippen LogP contribution in [0, 0.1) is 11.3 Å². The number of pyridine rings is 1. The van der Waals surface area contributed by atoms with E-state index >= 15 is 0 Å². The molecule has 0 aliphatic rings. The lowest BCUT2D eigenvalue weighted by atomic mass is 10.2. The Morgan fingerprint density at radius 2 is 2.04 bits per heavy atom. The predicted octanol–water partition coefficient (Wildman–Crippen LogP) is 4.12. The molecule has 26 heavy (non-hydrogen) atoms. The van der Waals surface area contributed by atoms with Crippen LogP contribution >= 0.6 is 11.8 Å². The summed E-state index contributed by atoms with van der Waals surface area (Å²) >= 11 is 1.60. The van der Waals surface area contributed by atoms with Gasteiger partial charge in [0.15, 0.2) is 11.0 Å². The SMILES string of the molecule is CCOc1ccc(-n2c(SCCCC#N)nnc2-c2cccnc2)cc1. The van der Waals surface area contributed by atoms with E-state index in [0.29, 0.717) is 13.0 Å². The number of rotatable bonds is 8. The molecule has 3 rings (SSSR count). The summed E-state index contributed by atoms with van der Waals surface area (Å²) in [5.41, 5.74) is 1.86. The standard InChI is InChI=1S/C19H19N5OS/c1-2-25-17-9-7-16(8-10-17)24-18(15-6-5-12-21-14-15)22-23-19(24)26-13-4-3-11-20/h5-10,12,14H,2-4,13H2,1H3. The van der Waals surface area contributed by atoms with E-state index in [1.54, 1.807) is 24.2 Å². The fourth-order valence-corrected chi connectivity index (χ4v) is 3.34. The van der Waals surface area contributed by atoms with E-state index in [-0.39, 0.29) is 0 Å². The fraction of sp³-hybridized carbons (Fsp3) is 0.263. The molecule has 0 aliphatic heterocycles. The van der Waals surface area contributed by atoms with Gasteiger partial charge in [-0.15, -0.1) is 10.2 Å². The first-order chi connectivity index (χ1) is 12.8. The van der Waals surface area contributed by atoms with Gasteiger partial charge in [0.2, 0.25) is 0 Å². The number of thioether (sulfide) groups is 1. The molecule has 1 aromatic carbocycles. The summed E-state index contributed by atoms with van der Waals surface area (Å²) in [4.78, 5) is 4.19. The van der Waals surface area contributed by atoms with Gasteiger partial charge in [0.05, 0.1) is 12.7 Å². The van der Waals surface area contributed by atoms with Crippen molar-refractivity contribution in [2.75, 3.05) is 12.4 Å². The lowest BCUT2D eigenvalue weighted by Gasteiger charge is -2.11. The monoisotopic (exact) mass is 365 g/mol. The number of nitriles is 1. The zero-order chi connectivity index (χ0) is 18.2. The van der Waals surface area contributed by atoms with Gasteiger partial charge in [-0.1, -0.05) is 11.8 Å². The van der Waals surface area contributed by atoms with Gasteiger partial charge in [-0.3, -0.25) is 9.55 Å². The second kappa shape index (κ2) is 9.02. The van der Waals surface area contributed by atoms with Crippen molar-refractivity contribution in [3.05, 3.63) is 48.8 Å². The van der Waals surface area contributed by atoms with Crippen LogP contribution in [-0.2, 0) is 0 Å². The molecule has 0 saturated carbocycles. The van der Waals surface area contributed by atoms with Crippen molar-refractivity contribution in [1.82, 2.24) is 19.7 Å². The molecule has 0 spiro atoms. The molecule has 0 aliphatic carbocycles. The Balaban J connectivity index is 1.96. The molecule has 6 nitrogen and oxygen atoms in total. The van der Waals surface area contributed by atoms with E-state index in [1.807, 2.05) is 47.9 Å². The van der Waals surface area contributed by atoms with Crippen molar-refractivity contribution in [1.29, 1.82) is 5.26 Å². The fourth-order valence-electron chi connectivity index (χ4n) is 2.45. The minimum absolute atomic E-state index is 0.541. The third-order valence-corrected chi connectivity index (χ3v) is 4.64. The van der Waals surface area contributed by atoms with Crippen molar-refractivity contribution in [2.45, 2.75) is 24.9 Å². The Bertz CT molecular complexity index is 871. The molecule has 132 valence electrons. The van der Waals surface area contributed by atoms with Gasteiger partial charge in [0.1, 0.15) is 5.75 Å². The molecule has 0 bridgehead atoms. The van der Waals surface area contributed by atoms with Crippen LogP contribution in [0.2, 0.25) is 0 Å². The first-order valence-electron chi connectivity index (χ1n) is 8.42. The highest BCUT2D eigenvalue weighted by molar-refractivity contribution is 7.99. The van der Waals surface area contributed by atoms with Crippen LogP contribution < -0.4 is 4.74 Å². The smallest absolute Gasteiger partial charge is 0.196 e. The highest BCUT2D eigenvalue weighted by Gasteiger charge is 2.16. The molecule has 2 heterocycles. The summed E-state index contributed by atoms with van der Waals surface area (Å²) in [5.74, 6) is 2.39. The predicted molar refractivity (Wildman–Crippen MR) is 101 cm³/mol. The molecule has 0 fully saturated rings. The molecule has 0 saturated heterocycles.